The monoisotopic (exact) mass is 283 g/mol. The third kappa shape index (κ3) is 2.40. The van der Waals surface area contributed by atoms with Gasteiger partial charge in [-0.3, -0.25) is 9.48 Å². The number of carbonyl (C=O) groups excluding carboxylic acids is 1. The molecule has 0 saturated carbocycles. The molecule has 0 saturated heterocycles. The van der Waals surface area contributed by atoms with E-state index in [1.807, 2.05) is 29.1 Å². The summed E-state index contributed by atoms with van der Waals surface area (Å²) in [4.78, 5) is 18.5. The summed E-state index contributed by atoms with van der Waals surface area (Å²) in [7, 11) is 0. The molecule has 3 rings (SSSR count). The summed E-state index contributed by atoms with van der Waals surface area (Å²) in [5.41, 5.74) is 3.14. The minimum absolute atomic E-state index is 0.0749. The zero-order chi connectivity index (χ0) is 15.0. The van der Waals surface area contributed by atoms with E-state index in [1.165, 1.54) is 0 Å². The molecule has 2 heterocycles. The smallest absolute Gasteiger partial charge is 0.211 e. The highest BCUT2D eigenvalue weighted by Crippen LogP contribution is 2.26. The molecule has 6 nitrogen and oxygen atoms in total. The number of rotatable bonds is 3. The van der Waals surface area contributed by atoms with E-state index in [-0.39, 0.29) is 5.54 Å². The van der Waals surface area contributed by atoms with Crippen LogP contribution in [0.1, 0.15) is 20.8 Å². The summed E-state index contributed by atoms with van der Waals surface area (Å²) in [5.74, 6) is 0.737. The van der Waals surface area contributed by atoms with Crippen LogP contribution in [0.4, 0.5) is 5.69 Å². The molecular weight excluding hydrogens is 266 g/mol. The van der Waals surface area contributed by atoms with Gasteiger partial charge in [-0.05, 0) is 32.9 Å². The van der Waals surface area contributed by atoms with Crippen LogP contribution in [0.5, 0.6) is 0 Å². The highest BCUT2D eigenvalue weighted by atomic mass is 16.1. The summed E-state index contributed by atoms with van der Waals surface area (Å²) in [6.45, 7) is 6.28. The van der Waals surface area contributed by atoms with Crippen LogP contribution in [0.3, 0.4) is 0 Å². The number of imidazole rings is 1. The zero-order valence-electron chi connectivity index (χ0n) is 12.2. The number of benzene rings is 1. The zero-order valence-corrected chi connectivity index (χ0v) is 12.2. The van der Waals surface area contributed by atoms with Crippen molar-refractivity contribution >= 4 is 23.1 Å². The van der Waals surface area contributed by atoms with Crippen LogP contribution >= 0.6 is 0 Å². The lowest BCUT2D eigenvalue weighted by Gasteiger charge is -2.18. The number of aromatic amines is 1. The van der Waals surface area contributed by atoms with E-state index in [9.17, 15) is 4.79 Å². The Balaban J connectivity index is 2.07. The van der Waals surface area contributed by atoms with Crippen LogP contribution in [0.15, 0.2) is 30.6 Å². The van der Waals surface area contributed by atoms with Crippen molar-refractivity contribution in [3.8, 4) is 11.4 Å². The number of hydrogen-bond donors (Lipinski definition) is 2. The Hall–Kier alpha value is -2.63. The van der Waals surface area contributed by atoms with Gasteiger partial charge in [-0.1, -0.05) is 6.07 Å². The second-order valence-electron chi connectivity index (χ2n) is 5.89. The normalized spacial score (nSPS) is 11.8. The maximum atomic E-state index is 10.6. The Kier molecular flexibility index (Phi) is 3.01. The molecule has 0 radical (unpaired) electrons. The number of anilines is 1. The van der Waals surface area contributed by atoms with Crippen LogP contribution in [-0.4, -0.2) is 26.2 Å². The highest BCUT2D eigenvalue weighted by molar-refractivity contribution is 5.94. The summed E-state index contributed by atoms with van der Waals surface area (Å²) >= 11 is 0. The van der Waals surface area contributed by atoms with Crippen molar-refractivity contribution < 1.29 is 4.79 Å². The SMILES string of the molecule is CC(C)(C)n1cc(-c2nc3c(NC=O)cccc3[nH]2)cn1. The topological polar surface area (TPSA) is 75.6 Å². The van der Waals surface area contributed by atoms with E-state index < -0.39 is 0 Å². The lowest BCUT2D eigenvalue weighted by atomic mass is 10.1. The number of carbonyl (C=O) groups is 1. The molecule has 108 valence electrons. The first-order valence-electron chi connectivity index (χ1n) is 6.73. The molecule has 0 unspecified atom stereocenters. The van der Waals surface area contributed by atoms with Gasteiger partial charge in [0, 0.05) is 6.20 Å². The fraction of sp³-hybridized carbons (Fsp3) is 0.267. The Morgan fingerprint density at radius 3 is 2.81 bits per heavy atom. The molecule has 2 N–H and O–H groups in total. The van der Waals surface area contributed by atoms with Crippen molar-refractivity contribution in [3.63, 3.8) is 0 Å². The molecule has 0 aliphatic carbocycles. The second-order valence-corrected chi connectivity index (χ2v) is 5.89. The molecule has 0 spiro atoms. The van der Waals surface area contributed by atoms with Crippen molar-refractivity contribution in [2.24, 2.45) is 0 Å². The molecule has 2 aromatic heterocycles. The van der Waals surface area contributed by atoms with Gasteiger partial charge < -0.3 is 10.3 Å². The fourth-order valence-corrected chi connectivity index (χ4v) is 2.16. The highest BCUT2D eigenvalue weighted by Gasteiger charge is 2.16. The predicted molar refractivity (Wildman–Crippen MR) is 82.0 cm³/mol. The van der Waals surface area contributed by atoms with Crippen molar-refractivity contribution in [2.45, 2.75) is 26.3 Å². The van der Waals surface area contributed by atoms with Gasteiger partial charge in [0.2, 0.25) is 6.41 Å². The first-order valence-corrected chi connectivity index (χ1v) is 6.73. The van der Waals surface area contributed by atoms with Gasteiger partial charge in [-0.2, -0.15) is 5.10 Å². The molecule has 0 aliphatic heterocycles. The molecule has 3 aromatic rings. The first-order chi connectivity index (χ1) is 9.99. The molecule has 0 bridgehead atoms. The van der Waals surface area contributed by atoms with Crippen LogP contribution < -0.4 is 5.32 Å². The minimum Gasteiger partial charge on any atom is -0.338 e. The standard InChI is InChI=1S/C15H17N5O/c1-15(2,3)20-8-10(7-17-20)14-18-12-6-4-5-11(16-9-21)13(12)19-14/h4-9H,1-3H3,(H,16,21)(H,18,19). The predicted octanol–water partition coefficient (Wildman–Crippen LogP) is 2.75. The third-order valence-electron chi connectivity index (χ3n) is 3.27. The maximum absolute atomic E-state index is 10.6. The summed E-state index contributed by atoms with van der Waals surface area (Å²) in [6.07, 6.45) is 4.40. The summed E-state index contributed by atoms with van der Waals surface area (Å²) in [6, 6.07) is 5.62. The Labute approximate surface area is 122 Å². The van der Waals surface area contributed by atoms with Gasteiger partial charge in [0.05, 0.1) is 28.5 Å². The van der Waals surface area contributed by atoms with Crippen LogP contribution in [-0.2, 0) is 10.3 Å². The van der Waals surface area contributed by atoms with Crippen molar-refractivity contribution in [2.75, 3.05) is 5.32 Å². The number of hydrogen-bond acceptors (Lipinski definition) is 3. The first kappa shape index (κ1) is 13.4. The van der Waals surface area contributed by atoms with Crippen molar-refractivity contribution in [1.29, 1.82) is 0 Å². The summed E-state index contributed by atoms with van der Waals surface area (Å²) in [5, 5.41) is 7.04. The third-order valence-corrected chi connectivity index (χ3v) is 3.27. The molecule has 1 aromatic carbocycles. The molecular formula is C15H17N5O. The van der Waals surface area contributed by atoms with E-state index in [0.29, 0.717) is 12.1 Å². The van der Waals surface area contributed by atoms with Crippen LogP contribution in [0, 0.1) is 0 Å². The van der Waals surface area contributed by atoms with Gasteiger partial charge in [-0.15, -0.1) is 0 Å². The number of aromatic nitrogens is 4. The van der Waals surface area contributed by atoms with Crippen molar-refractivity contribution in [1.82, 2.24) is 19.7 Å². The van der Waals surface area contributed by atoms with Crippen LogP contribution in [0.25, 0.3) is 22.4 Å². The van der Waals surface area contributed by atoms with E-state index in [0.717, 1.165) is 22.4 Å². The minimum atomic E-state index is -0.0749. The van der Waals surface area contributed by atoms with Crippen LogP contribution in [0.2, 0.25) is 0 Å². The Morgan fingerprint density at radius 2 is 2.14 bits per heavy atom. The van der Waals surface area contributed by atoms with E-state index in [1.54, 1.807) is 6.20 Å². The van der Waals surface area contributed by atoms with Gasteiger partial charge in [0.15, 0.2) is 0 Å². The van der Waals surface area contributed by atoms with Gasteiger partial charge in [0.25, 0.3) is 0 Å². The lowest BCUT2D eigenvalue weighted by Crippen LogP contribution is -2.21. The van der Waals surface area contributed by atoms with E-state index >= 15 is 0 Å². The number of amides is 1. The average molecular weight is 283 g/mol. The van der Waals surface area contributed by atoms with Gasteiger partial charge in [0.1, 0.15) is 11.3 Å². The quantitative estimate of drug-likeness (QED) is 0.726. The Morgan fingerprint density at radius 1 is 1.33 bits per heavy atom. The molecule has 0 atom stereocenters. The molecule has 6 heteroatoms. The number of nitrogens with zero attached hydrogens (tertiary/aromatic N) is 3. The Bertz CT molecular complexity index is 794. The largest absolute Gasteiger partial charge is 0.338 e. The summed E-state index contributed by atoms with van der Waals surface area (Å²) < 4.78 is 1.90. The van der Waals surface area contributed by atoms with Gasteiger partial charge >= 0.3 is 0 Å². The van der Waals surface area contributed by atoms with E-state index in [4.69, 9.17) is 0 Å². The molecule has 0 aliphatic rings. The number of nitrogens with one attached hydrogen (secondary N) is 2. The van der Waals surface area contributed by atoms with E-state index in [2.05, 4.69) is 41.2 Å². The average Bonchev–Trinajstić information content (AvgIpc) is 3.05. The fourth-order valence-electron chi connectivity index (χ4n) is 2.16. The van der Waals surface area contributed by atoms with Crippen molar-refractivity contribution in [3.05, 3.63) is 30.6 Å². The second kappa shape index (κ2) is 4.73. The lowest BCUT2D eigenvalue weighted by molar-refractivity contribution is -0.105. The number of H-pyrrole nitrogens is 1. The molecule has 21 heavy (non-hydrogen) atoms. The van der Waals surface area contributed by atoms with Gasteiger partial charge in [-0.25, -0.2) is 4.98 Å². The molecule has 1 amide bonds. The molecule has 0 fully saturated rings. The maximum Gasteiger partial charge on any atom is 0.211 e. The number of fused-ring (bicyclic) bond motifs is 1. The number of para-hydroxylation sites is 1.